The Balaban J connectivity index is 2.20. The Morgan fingerprint density at radius 2 is 2.38 bits per heavy atom. The second-order valence-electron chi connectivity index (χ2n) is 3.58. The Bertz CT molecular complexity index is 242. The van der Waals surface area contributed by atoms with E-state index in [4.69, 9.17) is 5.73 Å². The van der Waals surface area contributed by atoms with Crippen LogP contribution in [0.2, 0.25) is 0 Å². The van der Waals surface area contributed by atoms with Crippen molar-refractivity contribution in [3.8, 4) is 0 Å². The SMILES string of the molecule is CCC(N)CCCc1cnn(C)c1. The molecule has 0 radical (unpaired) electrons. The van der Waals surface area contributed by atoms with Crippen molar-refractivity contribution >= 4 is 0 Å². The molecular formula is C10H19N3. The summed E-state index contributed by atoms with van der Waals surface area (Å²) in [4.78, 5) is 0. The number of hydrogen-bond acceptors (Lipinski definition) is 2. The highest BCUT2D eigenvalue weighted by atomic mass is 15.2. The van der Waals surface area contributed by atoms with Crippen molar-refractivity contribution in [1.82, 2.24) is 9.78 Å². The molecule has 3 heteroatoms. The molecule has 0 spiro atoms. The lowest BCUT2D eigenvalue weighted by molar-refractivity contribution is 0.568. The molecule has 0 fully saturated rings. The van der Waals surface area contributed by atoms with Gasteiger partial charge in [-0.25, -0.2) is 0 Å². The summed E-state index contributed by atoms with van der Waals surface area (Å²) in [6, 6.07) is 0.372. The van der Waals surface area contributed by atoms with Gasteiger partial charge in [-0.05, 0) is 31.2 Å². The highest BCUT2D eigenvalue weighted by Gasteiger charge is 2.00. The summed E-state index contributed by atoms with van der Waals surface area (Å²) in [5, 5.41) is 4.12. The molecule has 13 heavy (non-hydrogen) atoms. The lowest BCUT2D eigenvalue weighted by Crippen LogP contribution is -2.18. The van der Waals surface area contributed by atoms with Crippen LogP contribution in [0.5, 0.6) is 0 Å². The van der Waals surface area contributed by atoms with Crippen molar-refractivity contribution in [3.63, 3.8) is 0 Å². The quantitative estimate of drug-likeness (QED) is 0.747. The van der Waals surface area contributed by atoms with E-state index >= 15 is 0 Å². The molecule has 1 atom stereocenters. The number of hydrogen-bond donors (Lipinski definition) is 1. The molecule has 1 unspecified atom stereocenters. The van der Waals surface area contributed by atoms with Crippen LogP contribution < -0.4 is 5.73 Å². The van der Waals surface area contributed by atoms with Gasteiger partial charge in [0.15, 0.2) is 0 Å². The van der Waals surface area contributed by atoms with E-state index in [0.29, 0.717) is 6.04 Å². The third-order valence-corrected chi connectivity index (χ3v) is 2.32. The van der Waals surface area contributed by atoms with E-state index in [1.54, 1.807) is 0 Å². The molecule has 74 valence electrons. The minimum atomic E-state index is 0.372. The molecule has 1 aromatic heterocycles. The smallest absolute Gasteiger partial charge is 0.0521 e. The van der Waals surface area contributed by atoms with Gasteiger partial charge in [-0.15, -0.1) is 0 Å². The molecule has 1 heterocycles. The largest absolute Gasteiger partial charge is 0.328 e. The molecule has 0 aliphatic heterocycles. The number of rotatable bonds is 5. The van der Waals surface area contributed by atoms with Crippen LogP contribution in [-0.4, -0.2) is 15.8 Å². The van der Waals surface area contributed by atoms with Gasteiger partial charge in [-0.2, -0.15) is 5.10 Å². The molecule has 3 nitrogen and oxygen atoms in total. The van der Waals surface area contributed by atoms with Gasteiger partial charge in [0.2, 0.25) is 0 Å². The topological polar surface area (TPSA) is 43.8 Å². The first-order chi connectivity index (χ1) is 6.22. The molecule has 0 aliphatic carbocycles. The van der Waals surface area contributed by atoms with E-state index < -0.39 is 0 Å². The highest BCUT2D eigenvalue weighted by Crippen LogP contribution is 2.05. The monoisotopic (exact) mass is 181 g/mol. The Morgan fingerprint density at radius 3 is 2.92 bits per heavy atom. The van der Waals surface area contributed by atoms with Crippen molar-refractivity contribution in [3.05, 3.63) is 18.0 Å². The standard InChI is InChI=1S/C10H19N3/c1-3-10(11)6-4-5-9-7-12-13(2)8-9/h7-8,10H,3-6,11H2,1-2H3. The van der Waals surface area contributed by atoms with Crippen LogP contribution in [-0.2, 0) is 13.5 Å². The van der Waals surface area contributed by atoms with Gasteiger partial charge in [0.1, 0.15) is 0 Å². The average Bonchev–Trinajstić information content (AvgIpc) is 2.51. The van der Waals surface area contributed by atoms with Gasteiger partial charge < -0.3 is 5.73 Å². The Morgan fingerprint density at radius 1 is 1.62 bits per heavy atom. The molecule has 0 aromatic carbocycles. The normalized spacial score (nSPS) is 13.2. The molecule has 0 saturated carbocycles. The Hall–Kier alpha value is -0.830. The maximum Gasteiger partial charge on any atom is 0.0521 e. The number of nitrogens with two attached hydrogens (primary N) is 1. The molecule has 1 aromatic rings. The van der Waals surface area contributed by atoms with Crippen LogP contribution in [0, 0.1) is 0 Å². The van der Waals surface area contributed by atoms with E-state index in [-0.39, 0.29) is 0 Å². The van der Waals surface area contributed by atoms with Gasteiger partial charge >= 0.3 is 0 Å². The van der Waals surface area contributed by atoms with Crippen molar-refractivity contribution in [2.24, 2.45) is 12.8 Å². The van der Waals surface area contributed by atoms with E-state index in [1.165, 1.54) is 12.0 Å². The summed E-state index contributed by atoms with van der Waals surface area (Å²) in [5.41, 5.74) is 7.13. The first-order valence-electron chi connectivity index (χ1n) is 4.95. The van der Waals surface area contributed by atoms with Crippen molar-refractivity contribution in [1.29, 1.82) is 0 Å². The molecule has 0 saturated heterocycles. The second-order valence-corrected chi connectivity index (χ2v) is 3.58. The molecule has 1 rings (SSSR count). The maximum atomic E-state index is 5.82. The molecule has 0 amide bonds. The predicted octanol–water partition coefficient (Wildman–Crippen LogP) is 1.48. The summed E-state index contributed by atoms with van der Waals surface area (Å²) >= 11 is 0. The summed E-state index contributed by atoms with van der Waals surface area (Å²) in [6.45, 7) is 2.13. The molecule has 0 bridgehead atoms. The third kappa shape index (κ3) is 3.59. The average molecular weight is 181 g/mol. The van der Waals surface area contributed by atoms with Gasteiger partial charge in [0, 0.05) is 19.3 Å². The summed E-state index contributed by atoms with van der Waals surface area (Å²) in [6.07, 6.45) is 8.45. The van der Waals surface area contributed by atoms with E-state index in [1.807, 2.05) is 17.9 Å². The van der Waals surface area contributed by atoms with Crippen LogP contribution in [0.15, 0.2) is 12.4 Å². The van der Waals surface area contributed by atoms with Crippen molar-refractivity contribution in [2.45, 2.75) is 38.6 Å². The van der Waals surface area contributed by atoms with Crippen LogP contribution in [0.3, 0.4) is 0 Å². The maximum absolute atomic E-state index is 5.82. The fourth-order valence-corrected chi connectivity index (χ4v) is 1.37. The molecule has 0 aliphatic rings. The summed E-state index contributed by atoms with van der Waals surface area (Å²) < 4.78 is 1.84. The zero-order valence-corrected chi connectivity index (χ0v) is 8.53. The van der Waals surface area contributed by atoms with Crippen LogP contribution in [0.1, 0.15) is 31.7 Å². The Labute approximate surface area is 79.9 Å². The van der Waals surface area contributed by atoms with Crippen LogP contribution in [0.4, 0.5) is 0 Å². The fraction of sp³-hybridized carbons (Fsp3) is 0.700. The van der Waals surface area contributed by atoms with Gasteiger partial charge in [-0.3, -0.25) is 4.68 Å². The summed E-state index contributed by atoms with van der Waals surface area (Å²) in [5.74, 6) is 0. The highest BCUT2D eigenvalue weighted by molar-refractivity contribution is 5.03. The van der Waals surface area contributed by atoms with E-state index in [9.17, 15) is 0 Å². The number of aryl methyl sites for hydroxylation is 2. The first kappa shape index (κ1) is 10.3. The summed E-state index contributed by atoms with van der Waals surface area (Å²) in [7, 11) is 1.95. The van der Waals surface area contributed by atoms with Gasteiger partial charge in [0.05, 0.1) is 6.20 Å². The minimum absolute atomic E-state index is 0.372. The van der Waals surface area contributed by atoms with Crippen LogP contribution >= 0.6 is 0 Å². The first-order valence-corrected chi connectivity index (χ1v) is 4.95. The van der Waals surface area contributed by atoms with E-state index in [2.05, 4.69) is 18.2 Å². The second kappa shape index (κ2) is 5.02. The number of aromatic nitrogens is 2. The van der Waals surface area contributed by atoms with Crippen LogP contribution in [0.25, 0.3) is 0 Å². The lowest BCUT2D eigenvalue weighted by Gasteiger charge is -2.06. The molecular weight excluding hydrogens is 162 g/mol. The van der Waals surface area contributed by atoms with Gasteiger partial charge in [0.25, 0.3) is 0 Å². The van der Waals surface area contributed by atoms with Gasteiger partial charge in [-0.1, -0.05) is 6.92 Å². The van der Waals surface area contributed by atoms with Crippen molar-refractivity contribution in [2.75, 3.05) is 0 Å². The predicted molar refractivity (Wildman–Crippen MR) is 54.4 cm³/mol. The zero-order chi connectivity index (χ0) is 9.68. The minimum Gasteiger partial charge on any atom is -0.328 e. The van der Waals surface area contributed by atoms with Crippen molar-refractivity contribution < 1.29 is 0 Å². The lowest BCUT2D eigenvalue weighted by atomic mass is 10.1. The molecule has 2 N–H and O–H groups in total. The third-order valence-electron chi connectivity index (χ3n) is 2.32. The fourth-order valence-electron chi connectivity index (χ4n) is 1.37. The zero-order valence-electron chi connectivity index (χ0n) is 8.53. The number of nitrogens with zero attached hydrogens (tertiary/aromatic N) is 2. The Kier molecular flexibility index (Phi) is 3.96. The van der Waals surface area contributed by atoms with E-state index in [0.717, 1.165) is 19.3 Å².